The molecule has 1 unspecified atom stereocenters. The van der Waals surface area contributed by atoms with Crippen molar-refractivity contribution in [3.63, 3.8) is 0 Å². The third-order valence-electron chi connectivity index (χ3n) is 7.86. The first-order valence-electron chi connectivity index (χ1n) is 12.8. The van der Waals surface area contributed by atoms with Gasteiger partial charge in [0.1, 0.15) is 17.3 Å². The van der Waals surface area contributed by atoms with Crippen molar-refractivity contribution in [2.45, 2.75) is 17.9 Å². The maximum atomic E-state index is 13.5. The molecular formula is C30H30O11. The molecule has 1 N–H and O–H groups in total. The van der Waals surface area contributed by atoms with E-state index in [2.05, 4.69) is 0 Å². The van der Waals surface area contributed by atoms with Crippen LogP contribution in [0.4, 0.5) is 0 Å². The summed E-state index contributed by atoms with van der Waals surface area (Å²) in [5.74, 6) is -12.9. The number of hydrogen-bond acceptors (Lipinski definition) is 11. The topological polar surface area (TPSA) is 152 Å². The minimum absolute atomic E-state index is 0.0728. The molecule has 0 aliphatic heterocycles. The summed E-state index contributed by atoms with van der Waals surface area (Å²) in [4.78, 5) is 67.0. The third kappa shape index (κ3) is 4.97. The number of benzene rings is 2. The molecule has 0 heterocycles. The lowest BCUT2D eigenvalue weighted by Crippen LogP contribution is -2.68. The normalized spacial score (nSPS) is 26.8. The molecular weight excluding hydrogens is 536 g/mol. The predicted molar refractivity (Wildman–Crippen MR) is 140 cm³/mol. The van der Waals surface area contributed by atoms with E-state index in [4.69, 9.17) is 23.7 Å². The van der Waals surface area contributed by atoms with Gasteiger partial charge in [0.05, 0.1) is 51.4 Å². The Kier molecular flexibility index (Phi) is 8.57. The van der Waals surface area contributed by atoms with E-state index in [1.165, 1.54) is 12.1 Å². The zero-order chi connectivity index (χ0) is 29.9. The molecule has 0 spiro atoms. The molecule has 2 bridgehead atoms. The first-order valence-corrected chi connectivity index (χ1v) is 12.8. The third-order valence-corrected chi connectivity index (χ3v) is 7.86. The zero-order valence-electron chi connectivity index (χ0n) is 22.9. The summed E-state index contributed by atoms with van der Waals surface area (Å²) in [6, 6.07) is 16.4. The van der Waals surface area contributed by atoms with Gasteiger partial charge in [-0.1, -0.05) is 48.5 Å². The number of methoxy groups -OCH3 is 4. The highest BCUT2D eigenvalue weighted by Gasteiger charge is 2.71. The highest BCUT2D eigenvalue weighted by atomic mass is 16.6. The maximum absolute atomic E-state index is 13.5. The van der Waals surface area contributed by atoms with Gasteiger partial charge in [-0.3, -0.25) is 14.4 Å². The van der Waals surface area contributed by atoms with Crippen LogP contribution >= 0.6 is 0 Å². The molecule has 216 valence electrons. The molecule has 6 atom stereocenters. The summed E-state index contributed by atoms with van der Waals surface area (Å²) < 4.78 is 25.8. The standard InChI is InChI=1S/C30H30O11/c1-37-26(32)20-19-15-18(16-11-7-5-8-12-16)21(27(33)38-2)30(36,22(19)28(34)39-3)23(29(35)40-4)24(20)41-25(31)17-13-9-6-10-14-17/h5-14,18-19,21-23,36H,15H2,1-4H3/t18-,19-,21+,22+,23?,30+/m0/s1. The van der Waals surface area contributed by atoms with Gasteiger partial charge in [-0.15, -0.1) is 0 Å². The van der Waals surface area contributed by atoms with E-state index in [1.54, 1.807) is 48.5 Å². The summed E-state index contributed by atoms with van der Waals surface area (Å²) in [6.07, 6.45) is -0.0728. The van der Waals surface area contributed by atoms with Gasteiger partial charge < -0.3 is 28.8 Å². The number of fused-ring (bicyclic) bond motifs is 2. The Morgan fingerprint density at radius 3 is 1.71 bits per heavy atom. The second kappa shape index (κ2) is 11.9. The van der Waals surface area contributed by atoms with E-state index in [1.807, 2.05) is 0 Å². The van der Waals surface area contributed by atoms with E-state index in [-0.39, 0.29) is 17.6 Å². The van der Waals surface area contributed by atoms with E-state index in [0.29, 0.717) is 5.56 Å². The molecule has 0 saturated heterocycles. The van der Waals surface area contributed by atoms with Gasteiger partial charge >= 0.3 is 29.8 Å². The highest BCUT2D eigenvalue weighted by Crippen LogP contribution is 2.60. The lowest BCUT2D eigenvalue weighted by atomic mass is 9.49. The number of aliphatic hydroxyl groups is 1. The van der Waals surface area contributed by atoms with Crippen LogP contribution in [0.5, 0.6) is 0 Å². The molecule has 41 heavy (non-hydrogen) atoms. The van der Waals surface area contributed by atoms with Crippen LogP contribution in [0.2, 0.25) is 0 Å². The number of rotatable bonds is 7. The van der Waals surface area contributed by atoms with Crippen LogP contribution in [-0.4, -0.2) is 69.0 Å². The highest BCUT2D eigenvalue weighted by molar-refractivity contribution is 5.98. The molecule has 2 aliphatic carbocycles. The van der Waals surface area contributed by atoms with E-state index >= 15 is 0 Å². The van der Waals surface area contributed by atoms with Crippen molar-refractivity contribution in [2.24, 2.45) is 23.7 Å². The van der Waals surface area contributed by atoms with E-state index in [0.717, 1.165) is 28.4 Å². The molecule has 2 aromatic carbocycles. The van der Waals surface area contributed by atoms with Gasteiger partial charge in [0.15, 0.2) is 0 Å². The van der Waals surface area contributed by atoms with E-state index in [9.17, 15) is 29.1 Å². The first kappa shape index (κ1) is 29.5. The van der Waals surface area contributed by atoms with Gasteiger partial charge in [0.25, 0.3) is 0 Å². The van der Waals surface area contributed by atoms with Crippen LogP contribution < -0.4 is 0 Å². The lowest BCUT2D eigenvalue weighted by Gasteiger charge is -2.55. The fraction of sp³-hybridized carbons (Fsp3) is 0.367. The van der Waals surface area contributed by atoms with Gasteiger partial charge in [-0.25, -0.2) is 9.59 Å². The molecule has 1 fully saturated rings. The molecule has 1 saturated carbocycles. The Hall–Kier alpha value is -4.51. The molecule has 11 nitrogen and oxygen atoms in total. The molecule has 0 amide bonds. The molecule has 0 radical (unpaired) electrons. The largest absolute Gasteiger partial charge is 0.469 e. The molecule has 2 aromatic rings. The van der Waals surface area contributed by atoms with Crippen LogP contribution in [-0.2, 0) is 42.9 Å². The summed E-state index contributed by atoms with van der Waals surface area (Å²) in [5.41, 5.74) is -2.30. The average molecular weight is 567 g/mol. The molecule has 11 heteroatoms. The van der Waals surface area contributed by atoms with Crippen molar-refractivity contribution in [3.05, 3.63) is 83.1 Å². The van der Waals surface area contributed by atoms with Gasteiger partial charge in [-0.05, 0) is 24.1 Å². The Balaban J connectivity index is 2.07. The van der Waals surface area contributed by atoms with Gasteiger partial charge in [0.2, 0.25) is 0 Å². The van der Waals surface area contributed by atoms with Gasteiger partial charge in [-0.2, -0.15) is 0 Å². The van der Waals surface area contributed by atoms with Crippen molar-refractivity contribution >= 4 is 29.8 Å². The molecule has 0 aromatic heterocycles. The zero-order valence-corrected chi connectivity index (χ0v) is 22.9. The van der Waals surface area contributed by atoms with Crippen LogP contribution in [0.1, 0.15) is 28.3 Å². The second-order valence-electron chi connectivity index (χ2n) is 9.73. The fourth-order valence-corrected chi connectivity index (χ4v) is 6.19. The van der Waals surface area contributed by atoms with Crippen LogP contribution in [0.15, 0.2) is 72.0 Å². The molecule has 2 aliphatic rings. The predicted octanol–water partition coefficient (Wildman–Crippen LogP) is 2.19. The minimum Gasteiger partial charge on any atom is -0.469 e. The minimum atomic E-state index is -2.62. The maximum Gasteiger partial charge on any atom is 0.343 e. The van der Waals surface area contributed by atoms with Crippen molar-refractivity contribution in [3.8, 4) is 0 Å². The number of carbonyl (C=O) groups is 5. The summed E-state index contributed by atoms with van der Waals surface area (Å²) in [6.45, 7) is 0. The molecule has 4 rings (SSSR count). The van der Waals surface area contributed by atoms with Crippen molar-refractivity contribution in [2.75, 3.05) is 28.4 Å². The Morgan fingerprint density at radius 2 is 1.20 bits per heavy atom. The average Bonchev–Trinajstić information content (AvgIpc) is 3.00. The summed E-state index contributed by atoms with van der Waals surface area (Å²) >= 11 is 0. The van der Waals surface area contributed by atoms with Crippen LogP contribution in [0.3, 0.4) is 0 Å². The van der Waals surface area contributed by atoms with Crippen LogP contribution in [0.25, 0.3) is 0 Å². The number of carbonyl (C=O) groups excluding carboxylic acids is 5. The fourth-order valence-electron chi connectivity index (χ4n) is 6.19. The Morgan fingerprint density at radius 1 is 0.683 bits per heavy atom. The number of esters is 5. The monoisotopic (exact) mass is 566 g/mol. The Bertz CT molecular complexity index is 1370. The van der Waals surface area contributed by atoms with Crippen molar-refractivity contribution < 1.29 is 52.8 Å². The SMILES string of the molecule is COC(=O)C1=C(OC(=O)c2ccccc2)C(C(=O)OC)[C@]2(O)[C@@H](C(=O)OC)[C@H]1C[C@@H](c1ccccc1)[C@@H]2C(=O)OC. The lowest BCUT2D eigenvalue weighted by molar-refractivity contribution is -0.208. The van der Waals surface area contributed by atoms with Crippen LogP contribution in [0, 0.1) is 23.7 Å². The van der Waals surface area contributed by atoms with Gasteiger partial charge in [0, 0.05) is 11.8 Å². The van der Waals surface area contributed by atoms with Crippen molar-refractivity contribution in [1.82, 2.24) is 0 Å². The van der Waals surface area contributed by atoms with Crippen molar-refractivity contribution in [1.29, 1.82) is 0 Å². The summed E-state index contributed by atoms with van der Waals surface area (Å²) in [7, 11) is 4.28. The number of hydrogen-bond donors (Lipinski definition) is 1. The number of ether oxygens (including phenoxy) is 5. The Labute approximate surface area is 236 Å². The quantitative estimate of drug-likeness (QED) is 0.388. The summed E-state index contributed by atoms with van der Waals surface area (Å²) in [5, 5.41) is 12.7. The van der Waals surface area contributed by atoms with E-state index < -0.39 is 70.8 Å². The second-order valence-corrected chi connectivity index (χ2v) is 9.73. The smallest absolute Gasteiger partial charge is 0.343 e. The first-order chi connectivity index (χ1) is 19.6.